The van der Waals surface area contributed by atoms with Crippen LogP contribution in [0.4, 0.5) is 5.95 Å². The number of aromatic amines is 1. The summed E-state index contributed by atoms with van der Waals surface area (Å²) < 4.78 is 0. The largest absolute Gasteiger partial charge is 0.340 e. The topological polar surface area (TPSA) is 52.2 Å². The van der Waals surface area contributed by atoms with Gasteiger partial charge in [-0.15, -0.1) is 12.3 Å². The number of terminal acetylenes is 1. The van der Waals surface area contributed by atoms with E-state index in [9.17, 15) is 4.79 Å². The van der Waals surface area contributed by atoms with Crippen molar-refractivity contribution in [2.75, 3.05) is 37.6 Å². The summed E-state index contributed by atoms with van der Waals surface area (Å²) in [5.74, 6) is 3.33. The molecule has 0 unspecified atom stereocenters. The second-order valence-corrected chi connectivity index (χ2v) is 5.19. The number of anilines is 1. The summed E-state index contributed by atoms with van der Waals surface area (Å²) in [4.78, 5) is 24.0. The SMILES string of the molecule is C#CCCN1CCN(c2nc3ccccc3c(=O)[nH]2)CC1. The molecule has 0 radical (unpaired) electrons. The summed E-state index contributed by atoms with van der Waals surface area (Å²) >= 11 is 0. The maximum absolute atomic E-state index is 12.1. The quantitative estimate of drug-likeness (QED) is 0.856. The maximum Gasteiger partial charge on any atom is 0.260 e. The van der Waals surface area contributed by atoms with Crippen LogP contribution in [-0.4, -0.2) is 47.6 Å². The summed E-state index contributed by atoms with van der Waals surface area (Å²) in [6.07, 6.45) is 6.08. The predicted octanol–water partition coefficient (Wildman–Crippen LogP) is 1.07. The van der Waals surface area contributed by atoms with Gasteiger partial charge in [-0.2, -0.15) is 0 Å². The molecule has 1 aromatic heterocycles. The molecule has 1 saturated heterocycles. The molecule has 0 bridgehead atoms. The Hall–Kier alpha value is -2.32. The first kappa shape index (κ1) is 13.7. The van der Waals surface area contributed by atoms with Gasteiger partial charge in [0.05, 0.1) is 10.9 Å². The van der Waals surface area contributed by atoms with Gasteiger partial charge in [-0.3, -0.25) is 14.7 Å². The normalized spacial score (nSPS) is 16.0. The second-order valence-electron chi connectivity index (χ2n) is 5.19. The van der Waals surface area contributed by atoms with Gasteiger partial charge in [0, 0.05) is 39.1 Å². The third-order valence-corrected chi connectivity index (χ3v) is 3.84. The Morgan fingerprint density at radius 1 is 1.24 bits per heavy atom. The fraction of sp³-hybridized carbons (Fsp3) is 0.375. The van der Waals surface area contributed by atoms with E-state index < -0.39 is 0 Å². The van der Waals surface area contributed by atoms with Crippen LogP contribution in [0.15, 0.2) is 29.1 Å². The molecule has 1 aromatic carbocycles. The Kier molecular flexibility index (Phi) is 3.89. The van der Waals surface area contributed by atoms with E-state index in [1.165, 1.54) is 0 Å². The lowest BCUT2D eigenvalue weighted by Crippen LogP contribution is -2.47. The van der Waals surface area contributed by atoms with Gasteiger partial charge in [0.15, 0.2) is 0 Å². The molecule has 5 heteroatoms. The summed E-state index contributed by atoms with van der Waals surface area (Å²) in [6, 6.07) is 7.42. The van der Waals surface area contributed by atoms with Gasteiger partial charge in [-0.05, 0) is 12.1 Å². The molecular weight excluding hydrogens is 264 g/mol. The highest BCUT2D eigenvalue weighted by Crippen LogP contribution is 2.13. The van der Waals surface area contributed by atoms with Gasteiger partial charge in [-0.1, -0.05) is 12.1 Å². The molecule has 0 amide bonds. The van der Waals surface area contributed by atoms with Crippen molar-refractivity contribution in [2.24, 2.45) is 0 Å². The van der Waals surface area contributed by atoms with E-state index >= 15 is 0 Å². The lowest BCUT2D eigenvalue weighted by atomic mass is 10.2. The fourth-order valence-electron chi connectivity index (χ4n) is 2.63. The zero-order valence-corrected chi connectivity index (χ0v) is 11.9. The summed E-state index contributed by atoms with van der Waals surface area (Å²) in [6.45, 7) is 4.53. The lowest BCUT2D eigenvalue weighted by Gasteiger charge is -2.34. The van der Waals surface area contributed by atoms with E-state index in [-0.39, 0.29) is 5.56 Å². The van der Waals surface area contributed by atoms with Gasteiger partial charge in [0.2, 0.25) is 5.95 Å². The summed E-state index contributed by atoms with van der Waals surface area (Å²) in [5.41, 5.74) is 0.663. The molecule has 1 aliphatic heterocycles. The van der Waals surface area contributed by atoms with E-state index in [0.717, 1.165) is 44.7 Å². The molecule has 2 heterocycles. The molecule has 1 N–H and O–H groups in total. The van der Waals surface area contributed by atoms with Crippen molar-refractivity contribution in [2.45, 2.75) is 6.42 Å². The van der Waals surface area contributed by atoms with Crippen LogP contribution in [0.1, 0.15) is 6.42 Å². The zero-order chi connectivity index (χ0) is 14.7. The molecule has 108 valence electrons. The first-order valence-electron chi connectivity index (χ1n) is 7.18. The number of fused-ring (bicyclic) bond motifs is 1. The molecule has 1 aliphatic rings. The third-order valence-electron chi connectivity index (χ3n) is 3.84. The van der Waals surface area contributed by atoms with Crippen molar-refractivity contribution in [3.05, 3.63) is 34.6 Å². The van der Waals surface area contributed by atoms with Crippen LogP contribution in [0.2, 0.25) is 0 Å². The van der Waals surface area contributed by atoms with E-state index in [2.05, 4.69) is 25.7 Å². The minimum absolute atomic E-state index is 0.0784. The molecule has 0 aliphatic carbocycles. The number of hydrogen-bond acceptors (Lipinski definition) is 4. The van der Waals surface area contributed by atoms with Crippen LogP contribution >= 0.6 is 0 Å². The Morgan fingerprint density at radius 3 is 2.76 bits per heavy atom. The van der Waals surface area contributed by atoms with Crippen molar-refractivity contribution in [3.63, 3.8) is 0 Å². The first-order valence-corrected chi connectivity index (χ1v) is 7.18. The van der Waals surface area contributed by atoms with Gasteiger partial charge >= 0.3 is 0 Å². The Bertz CT molecular complexity index is 723. The van der Waals surface area contributed by atoms with Gasteiger partial charge < -0.3 is 4.90 Å². The second kappa shape index (κ2) is 5.98. The van der Waals surface area contributed by atoms with Crippen molar-refractivity contribution >= 4 is 16.9 Å². The number of hydrogen-bond donors (Lipinski definition) is 1. The molecule has 2 aromatic rings. The zero-order valence-electron chi connectivity index (χ0n) is 11.9. The number of nitrogens with one attached hydrogen (secondary N) is 1. The molecule has 5 nitrogen and oxygen atoms in total. The van der Waals surface area contributed by atoms with E-state index in [1.807, 2.05) is 18.2 Å². The summed E-state index contributed by atoms with van der Waals surface area (Å²) in [5, 5.41) is 0.633. The summed E-state index contributed by atoms with van der Waals surface area (Å²) in [7, 11) is 0. The van der Waals surface area contributed by atoms with Crippen LogP contribution < -0.4 is 10.5 Å². The van der Waals surface area contributed by atoms with Gasteiger partial charge in [0.25, 0.3) is 5.56 Å². The average molecular weight is 282 g/mol. The number of benzene rings is 1. The highest BCUT2D eigenvalue weighted by molar-refractivity contribution is 5.78. The maximum atomic E-state index is 12.1. The highest BCUT2D eigenvalue weighted by atomic mass is 16.1. The Labute approximate surface area is 123 Å². The van der Waals surface area contributed by atoms with Crippen LogP contribution in [0.3, 0.4) is 0 Å². The van der Waals surface area contributed by atoms with Crippen molar-refractivity contribution in [1.29, 1.82) is 0 Å². The number of piperazine rings is 1. The fourth-order valence-corrected chi connectivity index (χ4v) is 2.63. The molecular formula is C16H18N4O. The minimum Gasteiger partial charge on any atom is -0.340 e. The van der Waals surface area contributed by atoms with E-state index in [1.54, 1.807) is 6.07 Å². The molecule has 0 spiro atoms. The van der Waals surface area contributed by atoms with Crippen molar-refractivity contribution < 1.29 is 0 Å². The van der Waals surface area contributed by atoms with Crippen LogP contribution in [0, 0.1) is 12.3 Å². The van der Waals surface area contributed by atoms with Gasteiger partial charge in [-0.25, -0.2) is 4.98 Å². The van der Waals surface area contributed by atoms with Crippen LogP contribution in [-0.2, 0) is 0 Å². The number of rotatable bonds is 3. The van der Waals surface area contributed by atoms with Crippen molar-refractivity contribution in [1.82, 2.24) is 14.9 Å². The standard InChI is InChI=1S/C16H18N4O/c1-2-3-8-19-9-11-20(12-10-19)16-17-14-7-5-4-6-13(14)15(21)18-16/h1,4-7H,3,8-12H2,(H,17,18,21). The average Bonchev–Trinajstić information content (AvgIpc) is 2.53. The minimum atomic E-state index is -0.0784. The lowest BCUT2D eigenvalue weighted by molar-refractivity contribution is 0.262. The van der Waals surface area contributed by atoms with Gasteiger partial charge in [0.1, 0.15) is 0 Å². The monoisotopic (exact) mass is 282 g/mol. The number of para-hydroxylation sites is 1. The third kappa shape index (κ3) is 2.91. The Morgan fingerprint density at radius 2 is 2.00 bits per heavy atom. The number of aromatic nitrogens is 2. The first-order chi connectivity index (χ1) is 10.3. The number of nitrogens with zero attached hydrogens (tertiary/aromatic N) is 3. The number of H-pyrrole nitrogens is 1. The smallest absolute Gasteiger partial charge is 0.260 e. The molecule has 3 rings (SSSR count). The molecule has 0 saturated carbocycles. The van der Waals surface area contributed by atoms with Crippen LogP contribution in [0.5, 0.6) is 0 Å². The van der Waals surface area contributed by atoms with Crippen molar-refractivity contribution in [3.8, 4) is 12.3 Å². The highest BCUT2D eigenvalue weighted by Gasteiger charge is 2.18. The molecule has 1 fully saturated rings. The molecule has 0 atom stereocenters. The van der Waals surface area contributed by atoms with Crippen LogP contribution in [0.25, 0.3) is 10.9 Å². The van der Waals surface area contributed by atoms with E-state index in [4.69, 9.17) is 6.42 Å². The molecule has 21 heavy (non-hydrogen) atoms. The Balaban J connectivity index is 1.77. The van der Waals surface area contributed by atoms with E-state index in [0.29, 0.717) is 11.3 Å². The predicted molar refractivity (Wildman–Crippen MR) is 84.5 cm³/mol.